The Bertz CT molecular complexity index is 1160. The predicted octanol–water partition coefficient (Wildman–Crippen LogP) is 4.49. The molecule has 4 rings (SSSR count). The molecule has 0 unspecified atom stereocenters. The molecule has 6 heteroatoms. The first kappa shape index (κ1) is 18.6. The smallest absolute Gasteiger partial charge is 0.299 e. The van der Waals surface area contributed by atoms with E-state index in [1.165, 1.54) is 16.4 Å². The van der Waals surface area contributed by atoms with Crippen LogP contribution < -0.4 is 15.7 Å². The molecule has 0 aliphatic heterocycles. The summed E-state index contributed by atoms with van der Waals surface area (Å²) >= 11 is 0. The fourth-order valence-corrected chi connectivity index (χ4v) is 2.95. The van der Waals surface area contributed by atoms with Gasteiger partial charge in [-0.15, -0.1) is 4.73 Å². The molecule has 0 aliphatic rings. The van der Waals surface area contributed by atoms with Crippen LogP contribution in [0.1, 0.15) is 16.8 Å². The van der Waals surface area contributed by atoms with Crippen molar-refractivity contribution in [2.24, 2.45) is 0 Å². The number of aryl methyl sites for hydroxylation is 2. The molecule has 29 heavy (non-hydrogen) atoms. The third-order valence-electron chi connectivity index (χ3n) is 4.46. The van der Waals surface area contributed by atoms with Crippen LogP contribution in [-0.4, -0.2) is 9.71 Å². The van der Waals surface area contributed by atoms with Gasteiger partial charge in [0.15, 0.2) is 5.76 Å². The summed E-state index contributed by atoms with van der Waals surface area (Å²) in [6.07, 6.45) is 1.66. The van der Waals surface area contributed by atoms with Crippen LogP contribution in [0.2, 0.25) is 0 Å². The van der Waals surface area contributed by atoms with Gasteiger partial charge in [-0.3, -0.25) is 4.79 Å². The molecule has 2 aromatic heterocycles. The van der Waals surface area contributed by atoms with Crippen molar-refractivity contribution in [3.05, 3.63) is 100 Å². The first-order valence-electron chi connectivity index (χ1n) is 9.29. The maximum absolute atomic E-state index is 12.5. The predicted molar refractivity (Wildman–Crippen MR) is 112 cm³/mol. The van der Waals surface area contributed by atoms with E-state index in [0.717, 1.165) is 11.1 Å². The topological polar surface area (TPSA) is 69.3 Å². The Morgan fingerprint density at radius 1 is 1.03 bits per heavy atom. The Labute approximate surface area is 168 Å². The lowest BCUT2D eigenvalue weighted by Crippen LogP contribution is -2.28. The monoisotopic (exact) mass is 387 g/mol. The molecule has 146 valence electrons. The van der Waals surface area contributed by atoms with E-state index in [9.17, 15) is 4.79 Å². The third-order valence-corrected chi connectivity index (χ3v) is 4.46. The molecular weight excluding hydrogens is 366 g/mol. The van der Waals surface area contributed by atoms with Gasteiger partial charge in [0.05, 0.1) is 11.9 Å². The number of hydrogen-bond donors (Lipinski definition) is 1. The molecule has 0 saturated heterocycles. The largest absolute Gasteiger partial charge is 0.423 e. The Kier molecular flexibility index (Phi) is 5.16. The minimum absolute atomic E-state index is 0.270. The number of oxazole rings is 1. The lowest BCUT2D eigenvalue weighted by atomic mass is 10.1. The van der Waals surface area contributed by atoms with E-state index in [1.54, 1.807) is 6.20 Å². The van der Waals surface area contributed by atoms with E-state index < -0.39 is 0 Å². The molecule has 0 radical (unpaired) electrons. The van der Waals surface area contributed by atoms with Gasteiger partial charge in [-0.25, -0.2) is 4.98 Å². The molecule has 0 amide bonds. The van der Waals surface area contributed by atoms with Crippen molar-refractivity contribution in [1.29, 1.82) is 0 Å². The van der Waals surface area contributed by atoms with Crippen LogP contribution in [0.25, 0.3) is 11.3 Å². The average molecular weight is 387 g/mol. The fraction of sp³-hybridized carbons (Fsp3) is 0.130. The van der Waals surface area contributed by atoms with Crippen molar-refractivity contribution >= 4 is 11.7 Å². The zero-order chi connectivity index (χ0) is 20.2. The minimum Gasteiger partial charge on any atom is -0.423 e. The van der Waals surface area contributed by atoms with Crippen LogP contribution in [0.5, 0.6) is 0 Å². The normalized spacial score (nSPS) is 10.7. The first-order valence-corrected chi connectivity index (χ1v) is 9.29. The number of rotatable bonds is 6. The lowest BCUT2D eigenvalue weighted by Gasteiger charge is -2.12. The van der Waals surface area contributed by atoms with Crippen LogP contribution in [-0.2, 0) is 6.61 Å². The van der Waals surface area contributed by atoms with Crippen molar-refractivity contribution in [3.8, 4) is 11.3 Å². The number of pyridine rings is 1. The summed E-state index contributed by atoms with van der Waals surface area (Å²) in [6.45, 7) is 4.16. The summed E-state index contributed by atoms with van der Waals surface area (Å²) in [5, 5.41) is 3.04. The number of nitrogens with zero attached hydrogens (tertiary/aromatic N) is 2. The number of nitrogens with one attached hydrogen (secondary N) is 1. The molecular formula is C23H21N3O3. The number of benzene rings is 2. The van der Waals surface area contributed by atoms with Crippen molar-refractivity contribution in [3.63, 3.8) is 0 Å². The number of hydrogen-bond acceptors (Lipinski definition) is 5. The van der Waals surface area contributed by atoms with E-state index in [2.05, 4.69) is 10.3 Å². The van der Waals surface area contributed by atoms with Crippen LogP contribution >= 0.6 is 0 Å². The summed E-state index contributed by atoms with van der Waals surface area (Å²) < 4.78 is 7.05. The standard InChI is InChI=1S/C23H21N3O3/c1-16-8-10-19(11-9-16)21-14-24-23(29-21)25-20-12-17(2)26(22(27)13-20)28-15-18-6-4-3-5-7-18/h3-14H,15H2,1-2H3,(H,24,25). The highest BCUT2D eigenvalue weighted by Gasteiger charge is 2.09. The summed E-state index contributed by atoms with van der Waals surface area (Å²) in [7, 11) is 0. The Morgan fingerprint density at radius 3 is 2.52 bits per heavy atom. The SMILES string of the molecule is Cc1ccc(-c2cnc(Nc3cc(C)n(OCc4ccccc4)c(=O)c3)o2)cc1. The zero-order valence-electron chi connectivity index (χ0n) is 16.3. The summed E-state index contributed by atoms with van der Waals surface area (Å²) in [5.41, 5.74) is 4.10. The maximum Gasteiger partial charge on any atom is 0.299 e. The second-order valence-corrected chi connectivity index (χ2v) is 6.80. The van der Waals surface area contributed by atoms with E-state index in [-0.39, 0.29) is 5.56 Å². The molecule has 2 aromatic carbocycles. The minimum atomic E-state index is -0.270. The van der Waals surface area contributed by atoms with Gasteiger partial charge in [-0.1, -0.05) is 60.2 Å². The summed E-state index contributed by atoms with van der Waals surface area (Å²) in [5.74, 6) is 0.656. The Balaban J connectivity index is 1.48. The Hall–Kier alpha value is -3.80. The van der Waals surface area contributed by atoms with Gasteiger partial charge in [0.2, 0.25) is 0 Å². The quantitative estimate of drug-likeness (QED) is 0.528. The highest BCUT2D eigenvalue weighted by molar-refractivity contribution is 5.60. The highest BCUT2D eigenvalue weighted by Crippen LogP contribution is 2.24. The van der Waals surface area contributed by atoms with Gasteiger partial charge in [0, 0.05) is 17.3 Å². The van der Waals surface area contributed by atoms with Gasteiger partial charge in [-0.05, 0) is 25.5 Å². The van der Waals surface area contributed by atoms with Crippen LogP contribution in [0.15, 0.2) is 82.1 Å². The van der Waals surface area contributed by atoms with Crippen LogP contribution in [0, 0.1) is 13.8 Å². The molecule has 0 fully saturated rings. The molecule has 6 nitrogen and oxygen atoms in total. The number of aromatic nitrogens is 2. The molecule has 0 bridgehead atoms. The van der Waals surface area contributed by atoms with Gasteiger partial charge < -0.3 is 14.6 Å². The highest BCUT2D eigenvalue weighted by atomic mass is 16.7. The first-order chi connectivity index (χ1) is 14.1. The molecule has 1 N–H and O–H groups in total. The van der Waals surface area contributed by atoms with Crippen molar-refractivity contribution < 1.29 is 9.25 Å². The third kappa shape index (κ3) is 4.38. The maximum atomic E-state index is 12.5. The second kappa shape index (κ2) is 8.06. The summed E-state index contributed by atoms with van der Waals surface area (Å²) in [4.78, 5) is 22.4. The van der Waals surface area contributed by atoms with Crippen molar-refractivity contribution in [1.82, 2.24) is 9.71 Å². The lowest BCUT2D eigenvalue weighted by molar-refractivity contribution is 0.0847. The van der Waals surface area contributed by atoms with Gasteiger partial charge in [0.25, 0.3) is 11.6 Å². The fourth-order valence-electron chi connectivity index (χ4n) is 2.95. The molecule has 0 saturated carbocycles. The van der Waals surface area contributed by atoms with Gasteiger partial charge in [-0.2, -0.15) is 0 Å². The van der Waals surface area contributed by atoms with E-state index in [0.29, 0.717) is 29.8 Å². The number of anilines is 2. The zero-order valence-corrected chi connectivity index (χ0v) is 16.3. The van der Waals surface area contributed by atoms with E-state index >= 15 is 0 Å². The molecule has 4 aromatic rings. The Morgan fingerprint density at radius 2 is 1.79 bits per heavy atom. The van der Waals surface area contributed by atoms with Crippen molar-refractivity contribution in [2.45, 2.75) is 20.5 Å². The summed E-state index contributed by atoms with van der Waals surface area (Å²) in [6, 6.07) is 21.3. The molecule has 0 spiro atoms. The molecule has 0 atom stereocenters. The average Bonchev–Trinajstić information content (AvgIpc) is 3.17. The van der Waals surface area contributed by atoms with Crippen LogP contribution in [0.3, 0.4) is 0 Å². The molecule has 2 heterocycles. The van der Waals surface area contributed by atoms with Crippen LogP contribution in [0.4, 0.5) is 11.7 Å². The molecule has 0 aliphatic carbocycles. The van der Waals surface area contributed by atoms with Crippen molar-refractivity contribution in [2.75, 3.05) is 5.32 Å². The van der Waals surface area contributed by atoms with Gasteiger partial charge in [0.1, 0.15) is 6.61 Å². The van der Waals surface area contributed by atoms with E-state index in [4.69, 9.17) is 9.25 Å². The van der Waals surface area contributed by atoms with E-state index in [1.807, 2.05) is 74.5 Å². The van der Waals surface area contributed by atoms with Gasteiger partial charge >= 0.3 is 0 Å². The second-order valence-electron chi connectivity index (χ2n) is 6.80.